The number of rotatable bonds is 8. The fraction of sp³-hybridized carbons (Fsp3) is 0.467. The standard InChI is InChI=1S/C15H22FN3O2.ClH/c1-2-7-19(15(21)11-18-14(20)10-17)8-6-12-4-3-5-13(16)9-12;/h3-5,9H,2,6-8,10-11,17H2,1H3,(H,18,20);1H. The topological polar surface area (TPSA) is 75.4 Å². The molecule has 22 heavy (non-hydrogen) atoms. The van der Waals surface area contributed by atoms with Crippen molar-refractivity contribution in [2.45, 2.75) is 19.8 Å². The maximum Gasteiger partial charge on any atom is 0.241 e. The predicted octanol–water partition coefficient (Wildman–Crippen LogP) is 1.10. The van der Waals surface area contributed by atoms with Gasteiger partial charge in [0.2, 0.25) is 11.8 Å². The van der Waals surface area contributed by atoms with Gasteiger partial charge in [0.25, 0.3) is 0 Å². The van der Waals surface area contributed by atoms with Crippen LogP contribution in [0.1, 0.15) is 18.9 Å². The Kier molecular flexibility index (Phi) is 10.2. The minimum atomic E-state index is -0.357. The van der Waals surface area contributed by atoms with E-state index >= 15 is 0 Å². The Hall–Kier alpha value is -1.66. The maximum atomic E-state index is 13.1. The first-order chi connectivity index (χ1) is 10.1. The zero-order chi connectivity index (χ0) is 15.7. The lowest BCUT2D eigenvalue weighted by Crippen LogP contribution is -2.43. The van der Waals surface area contributed by atoms with Gasteiger partial charge in [0.05, 0.1) is 13.1 Å². The predicted molar refractivity (Wildman–Crippen MR) is 86.3 cm³/mol. The molecule has 0 aliphatic heterocycles. The summed E-state index contributed by atoms with van der Waals surface area (Å²) in [5, 5.41) is 2.46. The quantitative estimate of drug-likeness (QED) is 0.749. The van der Waals surface area contributed by atoms with Crippen molar-refractivity contribution in [1.29, 1.82) is 0 Å². The number of nitrogens with zero attached hydrogens (tertiary/aromatic N) is 1. The molecule has 0 saturated carbocycles. The van der Waals surface area contributed by atoms with Crippen LogP contribution in [0, 0.1) is 5.82 Å². The second-order valence-corrected chi connectivity index (χ2v) is 4.74. The lowest BCUT2D eigenvalue weighted by atomic mass is 10.1. The van der Waals surface area contributed by atoms with Crippen LogP contribution < -0.4 is 11.1 Å². The third kappa shape index (κ3) is 7.38. The second-order valence-electron chi connectivity index (χ2n) is 4.74. The van der Waals surface area contributed by atoms with E-state index in [1.54, 1.807) is 11.0 Å². The van der Waals surface area contributed by atoms with Crippen molar-refractivity contribution in [2.24, 2.45) is 5.73 Å². The molecule has 2 amide bonds. The van der Waals surface area contributed by atoms with Crippen LogP contribution in [0.5, 0.6) is 0 Å². The normalized spacial score (nSPS) is 9.77. The van der Waals surface area contributed by atoms with Crippen molar-refractivity contribution < 1.29 is 14.0 Å². The smallest absolute Gasteiger partial charge is 0.241 e. The first kappa shape index (κ1) is 20.3. The minimum absolute atomic E-state index is 0. The molecule has 0 radical (unpaired) electrons. The number of hydrogen-bond acceptors (Lipinski definition) is 3. The number of nitrogens with one attached hydrogen (secondary N) is 1. The summed E-state index contributed by atoms with van der Waals surface area (Å²) >= 11 is 0. The van der Waals surface area contributed by atoms with E-state index < -0.39 is 0 Å². The van der Waals surface area contributed by atoms with Gasteiger partial charge in [-0.3, -0.25) is 9.59 Å². The van der Waals surface area contributed by atoms with Crippen LogP contribution >= 0.6 is 12.4 Å². The van der Waals surface area contributed by atoms with Gasteiger partial charge in [-0.25, -0.2) is 4.39 Å². The molecule has 0 bridgehead atoms. The summed E-state index contributed by atoms with van der Waals surface area (Å²) in [5.41, 5.74) is 6.01. The summed E-state index contributed by atoms with van der Waals surface area (Å²) in [6, 6.07) is 6.33. The van der Waals surface area contributed by atoms with Crippen LogP contribution in [0.4, 0.5) is 4.39 Å². The summed E-state index contributed by atoms with van der Waals surface area (Å²) in [6.45, 7) is 2.88. The van der Waals surface area contributed by atoms with E-state index in [1.165, 1.54) is 12.1 Å². The molecule has 0 spiro atoms. The van der Waals surface area contributed by atoms with Crippen molar-refractivity contribution in [1.82, 2.24) is 10.2 Å². The van der Waals surface area contributed by atoms with Crippen molar-refractivity contribution in [3.63, 3.8) is 0 Å². The molecule has 1 rings (SSSR count). The Morgan fingerprint density at radius 3 is 2.64 bits per heavy atom. The molecular formula is C15H23ClFN3O2. The molecule has 7 heteroatoms. The Morgan fingerprint density at radius 2 is 2.05 bits per heavy atom. The number of amides is 2. The van der Waals surface area contributed by atoms with Crippen LogP contribution in [0.3, 0.4) is 0 Å². The average molecular weight is 332 g/mol. The molecule has 0 saturated heterocycles. The highest BCUT2D eigenvalue weighted by atomic mass is 35.5. The van der Waals surface area contributed by atoms with Crippen LogP contribution in [0.15, 0.2) is 24.3 Å². The third-order valence-electron chi connectivity index (χ3n) is 3.03. The van der Waals surface area contributed by atoms with E-state index in [9.17, 15) is 14.0 Å². The van der Waals surface area contributed by atoms with Gasteiger partial charge in [0.15, 0.2) is 0 Å². The Bertz CT molecular complexity index is 486. The molecule has 5 nitrogen and oxygen atoms in total. The fourth-order valence-corrected chi connectivity index (χ4v) is 1.95. The van der Waals surface area contributed by atoms with Gasteiger partial charge in [0, 0.05) is 13.1 Å². The van der Waals surface area contributed by atoms with Crippen LogP contribution in [-0.2, 0) is 16.0 Å². The largest absolute Gasteiger partial charge is 0.346 e. The average Bonchev–Trinajstić information content (AvgIpc) is 2.48. The summed E-state index contributed by atoms with van der Waals surface area (Å²) in [6.07, 6.45) is 1.40. The monoisotopic (exact) mass is 331 g/mol. The molecule has 0 heterocycles. The summed E-state index contributed by atoms with van der Waals surface area (Å²) in [4.78, 5) is 24.8. The fourth-order valence-electron chi connectivity index (χ4n) is 1.95. The number of benzene rings is 1. The van der Waals surface area contributed by atoms with E-state index in [1.807, 2.05) is 13.0 Å². The Balaban J connectivity index is 0.00000441. The van der Waals surface area contributed by atoms with Crippen LogP contribution in [0.25, 0.3) is 0 Å². The van der Waals surface area contributed by atoms with Gasteiger partial charge in [-0.2, -0.15) is 0 Å². The molecule has 124 valence electrons. The van der Waals surface area contributed by atoms with E-state index in [2.05, 4.69) is 5.32 Å². The van der Waals surface area contributed by atoms with E-state index in [0.29, 0.717) is 19.5 Å². The number of halogens is 2. The van der Waals surface area contributed by atoms with Crippen molar-refractivity contribution in [3.05, 3.63) is 35.6 Å². The highest BCUT2D eigenvalue weighted by Gasteiger charge is 2.13. The lowest BCUT2D eigenvalue weighted by Gasteiger charge is -2.22. The lowest BCUT2D eigenvalue weighted by molar-refractivity contribution is -0.132. The zero-order valence-electron chi connectivity index (χ0n) is 12.7. The summed E-state index contributed by atoms with van der Waals surface area (Å²) in [7, 11) is 0. The van der Waals surface area contributed by atoms with Crippen LogP contribution in [-0.4, -0.2) is 42.9 Å². The molecule has 1 aromatic carbocycles. The minimum Gasteiger partial charge on any atom is -0.346 e. The number of hydrogen-bond donors (Lipinski definition) is 2. The maximum absolute atomic E-state index is 13.1. The van der Waals surface area contributed by atoms with E-state index in [-0.39, 0.29) is 43.1 Å². The summed E-state index contributed by atoms with van der Waals surface area (Å²) < 4.78 is 13.1. The molecule has 0 aliphatic rings. The third-order valence-corrected chi connectivity index (χ3v) is 3.03. The molecule has 0 unspecified atom stereocenters. The van der Waals surface area contributed by atoms with Gasteiger partial charge in [-0.05, 0) is 30.5 Å². The highest BCUT2D eigenvalue weighted by Crippen LogP contribution is 2.06. The van der Waals surface area contributed by atoms with Gasteiger partial charge >= 0.3 is 0 Å². The van der Waals surface area contributed by atoms with Gasteiger partial charge in [0.1, 0.15) is 5.82 Å². The number of carbonyl (C=O) groups excluding carboxylic acids is 2. The Morgan fingerprint density at radius 1 is 1.32 bits per heavy atom. The number of nitrogens with two attached hydrogens (primary N) is 1. The molecule has 3 N–H and O–H groups in total. The Labute approximate surface area is 136 Å². The molecule has 0 fully saturated rings. The van der Waals surface area contributed by atoms with Crippen molar-refractivity contribution in [3.8, 4) is 0 Å². The zero-order valence-corrected chi connectivity index (χ0v) is 13.5. The van der Waals surface area contributed by atoms with Gasteiger partial charge in [-0.1, -0.05) is 19.1 Å². The van der Waals surface area contributed by atoms with Gasteiger partial charge < -0.3 is 16.0 Å². The molecule has 0 aliphatic carbocycles. The first-order valence-electron chi connectivity index (χ1n) is 7.05. The second kappa shape index (κ2) is 11.0. The van der Waals surface area contributed by atoms with Gasteiger partial charge in [-0.15, -0.1) is 12.4 Å². The van der Waals surface area contributed by atoms with Crippen molar-refractivity contribution >= 4 is 24.2 Å². The highest BCUT2D eigenvalue weighted by molar-refractivity contribution is 5.85. The molecule has 0 atom stereocenters. The molecule has 0 aromatic heterocycles. The first-order valence-corrected chi connectivity index (χ1v) is 7.05. The molecule has 1 aromatic rings. The van der Waals surface area contributed by atoms with Crippen molar-refractivity contribution in [2.75, 3.05) is 26.2 Å². The van der Waals surface area contributed by atoms with E-state index in [0.717, 1.165) is 12.0 Å². The SMILES string of the molecule is CCCN(CCc1cccc(F)c1)C(=O)CNC(=O)CN.Cl. The molecular weight excluding hydrogens is 309 g/mol. The summed E-state index contributed by atoms with van der Waals surface area (Å²) in [5.74, 6) is -0.795. The number of carbonyl (C=O) groups is 2. The van der Waals surface area contributed by atoms with E-state index in [4.69, 9.17) is 5.73 Å². The van der Waals surface area contributed by atoms with Crippen LogP contribution in [0.2, 0.25) is 0 Å².